The second kappa shape index (κ2) is 7.94. The Balaban J connectivity index is 1.74. The summed E-state index contributed by atoms with van der Waals surface area (Å²) in [4.78, 5) is 18.8. The van der Waals surface area contributed by atoms with Crippen molar-refractivity contribution in [2.75, 3.05) is 16.8 Å². The summed E-state index contributed by atoms with van der Waals surface area (Å²) >= 11 is 3.41. The zero-order chi connectivity index (χ0) is 17.6. The highest BCUT2D eigenvalue weighted by Crippen LogP contribution is 2.20. The topological polar surface area (TPSA) is 45.2 Å². The molecular formula is C20H18BrN3O. The first-order valence-electron chi connectivity index (χ1n) is 8.03. The molecule has 0 saturated carbocycles. The van der Waals surface area contributed by atoms with Crippen molar-refractivity contribution in [1.82, 2.24) is 4.98 Å². The van der Waals surface area contributed by atoms with Gasteiger partial charge < -0.3 is 10.2 Å². The number of nitrogens with zero attached hydrogens (tertiary/aromatic N) is 2. The average Bonchev–Trinajstić information content (AvgIpc) is 2.66. The minimum Gasteiger partial charge on any atom is -0.340 e. The lowest BCUT2D eigenvalue weighted by atomic mass is 10.2. The number of nitrogens with one attached hydrogen (secondary N) is 1. The molecule has 0 bridgehead atoms. The number of aromatic nitrogens is 1. The molecule has 3 aromatic rings. The normalized spacial score (nSPS) is 10.3. The van der Waals surface area contributed by atoms with Crippen LogP contribution >= 0.6 is 15.9 Å². The highest BCUT2D eigenvalue weighted by molar-refractivity contribution is 9.10. The SMILES string of the molecule is CCN(C(=O)c1ccc(Nc2ccc(Br)cc2)nc1)c1ccccc1. The highest BCUT2D eigenvalue weighted by Gasteiger charge is 2.16. The molecular weight excluding hydrogens is 378 g/mol. The van der Waals surface area contributed by atoms with E-state index in [9.17, 15) is 4.79 Å². The van der Waals surface area contributed by atoms with Crippen molar-refractivity contribution >= 4 is 39.0 Å². The summed E-state index contributed by atoms with van der Waals surface area (Å²) in [5.41, 5.74) is 2.38. The number of hydrogen-bond donors (Lipinski definition) is 1. The maximum atomic E-state index is 12.7. The lowest BCUT2D eigenvalue weighted by molar-refractivity contribution is 0.0988. The molecule has 0 aliphatic heterocycles. The third-order valence-corrected chi connectivity index (χ3v) is 4.28. The predicted octanol–water partition coefficient (Wildman–Crippen LogP) is 5.25. The summed E-state index contributed by atoms with van der Waals surface area (Å²) in [6.45, 7) is 2.56. The fourth-order valence-corrected chi connectivity index (χ4v) is 2.75. The second-order valence-electron chi connectivity index (χ2n) is 5.45. The van der Waals surface area contributed by atoms with Gasteiger partial charge in [-0.1, -0.05) is 34.1 Å². The molecule has 126 valence electrons. The molecule has 0 aliphatic rings. The molecule has 5 heteroatoms. The standard InChI is InChI=1S/C20H18BrN3O/c1-2-24(18-6-4-3-5-7-18)20(25)15-8-13-19(22-14-15)23-17-11-9-16(21)10-12-17/h3-14H,2H2,1H3,(H,22,23). The lowest BCUT2D eigenvalue weighted by Gasteiger charge is -2.21. The van der Waals surface area contributed by atoms with Gasteiger partial charge in [0.25, 0.3) is 5.91 Å². The first-order valence-corrected chi connectivity index (χ1v) is 8.82. The fraction of sp³-hybridized carbons (Fsp3) is 0.100. The molecule has 1 aromatic heterocycles. The molecule has 2 aromatic carbocycles. The maximum absolute atomic E-state index is 12.7. The number of benzene rings is 2. The Morgan fingerprint density at radius 2 is 1.76 bits per heavy atom. The summed E-state index contributed by atoms with van der Waals surface area (Å²) in [5.74, 6) is 0.637. The zero-order valence-corrected chi connectivity index (χ0v) is 15.4. The Morgan fingerprint density at radius 1 is 1.04 bits per heavy atom. The van der Waals surface area contributed by atoms with Crippen LogP contribution in [0.5, 0.6) is 0 Å². The Bertz CT molecular complexity index is 833. The van der Waals surface area contributed by atoms with Gasteiger partial charge in [0, 0.05) is 28.6 Å². The van der Waals surface area contributed by atoms with Gasteiger partial charge in [-0.25, -0.2) is 4.98 Å². The molecule has 1 heterocycles. The number of para-hydroxylation sites is 1. The van der Waals surface area contributed by atoms with Gasteiger partial charge in [-0.2, -0.15) is 0 Å². The molecule has 1 amide bonds. The number of hydrogen-bond acceptors (Lipinski definition) is 3. The first kappa shape index (κ1) is 17.2. The minimum absolute atomic E-state index is 0.0589. The van der Waals surface area contributed by atoms with Crippen LogP contribution in [0.1, 0.15) is 17.3 Å². The van der Waals surface area contributed by atoms with Crippen molar-refractivity contribution < 1.29 is 4.79 Å². The summed E-state index contributed by atoms with van der Waals surface area (Å²) in [6.07, 6.45) is 1.61. The van der Waals surface area contributed by atoms with Crippen LogP contribution in [0.2, 0.25) is 0 Å². The van der Waals surface area contributed by atoms with E-state index in [2.05, 4.69) is 26.2 Å². The quantitative estimate of drug-likeness (QED) is 0.640. The van der Waals surface area contributed by atoms with Crippen molar-refractivity contribution in [2.45, 2.75) is 6.92 Å². The van der Waals surface area contributed by atoms with E-state index in [1.54, 1.807) is 17.2 Å². The lowest BCUT2D eigenvalue weighted by Crippen LogP contribution is -2.30. The summed E-state index contributed by atoms with van der Waals surface area (Å²) in [6, 6.07) is 21.1. The van der Waals surface area contributed by atoms with Crippen LogP contribution in [-0.2, 0) is 0 Å². The number of rotatable bonds is 5. The van der Waals surface area contributed by atoms with E-state index in [-0.39, 0.29) is 5.91 Å². The fourth-order valence-electron chi connectivity index (χ4n) is 2.48. The number of carbonyl (C=O) groups is 1. The van der Waals surface area contributed by atoms with Crippen molar-refractivity contribution in [1.29, 1.82) is 0 Å². The first-order chi connectivity index (χ1) is 12.2. The molecule has 3 rings (SSSR count). The molecule has 25 heavy (non-hydrogen) atoms. The Kier molecular flexibility index (Phi) is 5.46. The van der Waals surface area contributed by atoms with Gasteiger partial charge in [-0.05, 0) is 55.5 Å². The van der Waals surface area contributed by atoms with E-state index in [1.807, 2.05) is 67.6 Å². The van der Waals surface area contributed by atoms with Gasteiger partial charge in [0.05, 0.1) is 5.56 Å². The van der Waals surface area contributed by atoms with Gasteiger partial charge >= 0.3 is 0 Å². The molecule has 0 radical (unpaired) electrons. The van der Waals surface area contributed by atoms with Crippen molar-refractivity contribution in [3.05, 3.63) is 83.0 Å². The monoisotopic (exact) mass is 395 g/mol. The predicted molar refractivity (Wildman–Crippen MR) is 105 cm³/mol. The molecule has 0 saturated heterocycles. The molecule has 4 nitrogen and oxygen atoms in total. The molecule has 0 unspecified atom stereocenters. The van der Waals surface area contributed by atoms with Gasteiger partial charge in [-0.3, -0.25) is 4.79 Å². The van der Waals surface area contributed by atoms with Crippen molar-refractivity contribution in [2.24, 2.45) is 0 Å². The number of amides is 1. The van der Waals surface area contributed by atoms with Crippen molar-refractivity contribution in [3.8, 4) is 0 Å². The number of pyridine rings is 1. The summed E-state index contributed by atoms with van der Waals surface area (Å²) in [7, 11) is 0. The van der Waals surface area contributed by atoms with E-state index in [1.165, 1.54) is 0 Å². The number of halogens is 1. The third-order valence-electron chi connectivity index (χ3n) is 3.76. The summed E-state index contributed by atoms with van der Waals surface area (Å²) in [5, 5.41) is 3.22. The Morgan fingerprint density at radius 3 is 2.36 bits per heavy atom. The highest BCUT2D eigenvalue weighted by atomic mass is 79.9. The van der Waals surface area contributed by atoms with Gasteiger partial charge in [0.15, 0.2) is 0 Å². The molecule has 0 aliphatic carbocycles. The van der Waals surface area contributed by atoms with Crippen molar-refractivity contribution in [3.63, 3.8) is 0 Å². The van der Waals surface area contributed by atoms with Crippen LogP contribution in [0.4, 0.5) is 17.2 Å². The van der Waals surface area contributed by atoms with E-state index in [4.69, 9.17) is 0 Å². The molecule has 0 fully saturated rings. The van der Waals surface area contributed by atoms with Gasteiger partial charge in [0.2, 0.25) is 0 Å². The van der Waals surface area contributed by atoms with E-state index in [0.29, 0.717) is 17.9 Å². The smallest absolute Gasteiger partial charge is 0.259 e. The van der Waals surface area contributed by atoms with E-state index < -0.39 is 0 Å². The van der Waals surface area contributed by atoms with E-state index >= 15 is 0 Å². The number of anilines is 3. The Hall–Kier alpha value is -2.66. The second-order valence-corrected chi connectivity index (χ2v) is 6.36. The third kappa shape index (κ3) is 4.25. The molecule has 0 atom stereocenters. The molecule has 1 N–H and O–H groups in total. The minimum atomic E-state index is -0.0589. The number of carbonyl (C=O) groups excluding carboxylic acids is 1. The average molecular weight is 396 g/mol. The van der Waals surface area contributed by atoms with Crippen LogP contribution in [0.25, 0.3) is 0 Å². The maximum Gasteiger partial charge on any atom is 0.259 e. The largest absolute Gasteiger partial charge is 0.340 e. The van der Waals surface area contributed by atoms with Crippen LogP contribution < -0.4 is 10.2 Å². The van der Waals surface area contributed by atoms with Gasteiger partial charge in [0.1, 0.15) is 5.82 Å². The molecule has 0 spiro atoms. The van der Waals surface area contributed by atoms with Crippen LogP contribution in [0.15, 0.2) is 77.4 Å². The zero-order valence-electron chi connectivity index (χ0n) is 13.8. The Labute approximate surface area is 155 Å². The van der Waals surface area contributed by atoms with Crippen LogP contribution in [0.3, 0.4) is 0 Å². The van der Waals surface area contributed by atoms with Gasteiger partial charge in [-0.15, -0.1) is 0 Å². The summed E-state index contributed by atoms with van der Waals surface area (Å²) < 4.78 is 1.02. The van der Waals surface area contributed by atoms with Crippen LogP contribution in [-0.4, -0.2) is 17.4 Å². The van der Waals surface area contributed by atoms with Crippen LogP contribution in [0, 0.1) is 0 Å². The van der Waals surface area contributed by atoms with E-state index in [0.717, 1.165) is 15.8 Å².